The molecule has 8 heteroatoms. The van der Waals surface area contributed by atoms with Gasteiger partial charge in [0.1, 0.15) is 17.5 Å². The average molecular weight is 233 g/mol. The third-order valence-corrected chi connectivity index (χ3v) is 2.76. The van der Waals surface area contributed by atoms with E-state index in [0.29, 0.717) is 33.6 Å². The van der Waals surface area contributed by atoms with Crippen molar-refractivity contribution >= 4 is 33.5 Å². The van der Waals surface area contributed by atoms with Crippen molar-refractivity contribution in [1.82, 2.24) is 24.9 Å². The minimum atomic E-state index is 0.368. The van der Waals surface area contributed by atoms with E-state index in [0.717, 1.165) is 0 Å². The van der Waals surface area contributed by atoms with E-state index in [2.05, 4.69) is 24.9 Å². The highest BCUT2D eigenvalue weighted by Gasteiger charge is 2.11. The standard InChI is InChI=1S/C8H7N7S/c9-5-4-7(12-2-11-5)15-6(14-4)3-1-16-8(10)13-3/h1-2H,(H2,10,13)(H3,9,11,12,14,15). The van der Waals surface area contributed by atoms with E-state index >= 15 is 0 Å². The van der Waals surface area contributed by atoms with E-state index < -0.39 is 0 Å². The Bertz CT molecular complexity index is 655. The van der Waals surface area contributed by atoms with Crippen LogP contribution in [0.2, 0.25) is 0 Å². The summed E-state index contributed by atoms with van der Waals surface area (Å²) in [6.07, 6.45) is 1.37. The molecule has 0 aromatic carbocycles. The molecule has 3 heterocycles. The van der Waals surface area contributed by atoms with Gasteiger partial charge in [0.05, 0.1) is 0 Å². The van der Waals surface area contributed by atoms with E-state index in [1.807, 2.05) is 5.38 Å². The van der Waals surface area contributed by atoms with Gasteiger partial charge in [-0.25, -0.2) is 19.9 Å². The lowest BCUT2D eigenvalue weighted by Gasteiger charge is -1.89. The molecule has 0 saturated carbocycles. The molecule has 0 fully saturated rings. The highest BCUT2D eigenvalue weighted by molar-refractivity contribution is 7.13. The van der Waals surface area contributed by atoms with E-state index in [1.54, 1.807) is 0 Å². The van der Waals surface area contributed by atoms with Crippen LogP contribution in [0.1, 0.15) is 0 Å². The van der Waals surface area contributed by atoms with Crippen LogP contribution in [-0.2, 0) is 0 Å². The molecule has 3 aromatic rings. The van der Waals surface area contributed by atoms with Gasteiger partial charge >= 0.3 is 0 Å². The molecule has 0 bridgehead atoms. The van der Waals surface area contributed by atoms with Crippen molar-refractivity contribution < 1.29 is 0 Å². The number of rotatable bonds is 1. The molecule has 16 heavy (non-hydrogen) atoms. The third kappa shape index (κ3) is 1.27. The number of nitrogens with zero attached hydrogens (tertiary/aromatic N) is 4. The maximum Gasteiger partial charge on any atom is 0.183 e. The molecule has 5 N–H and O–H groups in total. The molecular formula is C8H7N7S. The number of nitrogens with two attached hydrogens (primary N) is 2. The van der Waals surface area contributed by atoms with Gasteiger partial charge in [0.15, 0.2) is 22.4 Å². The highest BCUT2D eigenvalue weighted by Crippen LogP contribution is 2.23. The Morgan fingerprint density at radius 1 is 1.19 bits per heavy atom. The van der Waals surface area contributed by atoms with E-state index in [1.165, 1.54) is 17.7 Å². The zero-order valence-corrected chi connectivity index (χ0v) is 8.82. The molecule has 0 aliphatic rings. The predicted molar refractivity (Wildman–Crippen MR) is 61.6 cm³/mol. The smallest absolute Gasteiger partial charge is 0.183 e. The quantitative estimate of drug-likeness (QED) is 0.567. The van der Waals surface area contributed by atoms with Crippen LogP contribution in [0.25, 0.3) is 22.7 Å². The summed E-state index contributed by atoms with van der Waals surface area (Å²) in [7, 11) is 0. The van der Waals surface area contributed by atoms with Crippen molar-refractivity contribution in [3.05, 3.63) is 11.7 Å². The topological polar surface area (TPSA) is 119 Å². The molecule has 3 rings (SSSR count). The summed E-state index contributed by atoms with van der Waals surface area (Å²) in [5.74, 6) is 0.960. The molecule has 0 saturated heterocycles. The fourth-order valence-corrected chi connectivity index (χ4v) is 1.91. The third-order valence-electron chi connectivity index (χ3n) is 2.08. The Kier molecular flexibility index (Phi) is 1.77. The zero-order valence-electron chi connectivity index (χ0n) is 8.01. The lowest BCUT2D eigenvalue weighted by molar-refractivity contribution is 1.20. The summed E-state index contributed by atoms with van der Waals surface area (Å²) in [4.78, 5) is 19.3. The second-order valence-electron chi connectivity index (χ2n) is 3.11. The monoisotopic (exact) mass is 233 g/mol. The van der Waals surface area contributed by atoms with E-state index in [9.17, 15) is 0 Å². The molecule has 0 radical (unpaired) electrons. The fraction of sp³-hybridized carbons (Fsp3) is 0. The number of anilines is 2. The molecular weight excluding hydrogens is 226 g/mol. The molecule has 0 amide bonds. The Balaban J connectivity index is 2.22. The van der Waals surface area contributed by atoms with Crippen molar-refractivity contribution in [2.24, 2.45) is 0 Å². The summed E-state index contributed by atoms with van der Waals surface area (Å²) in [6.45, 7) is 0. The van der Waals surface area contributed by atoms with Crippen LogP contribution in [0.3, 0.4) is 0 Å². The van der Waals surface area contributed by atoms with Crippen molar-refractivity contribution in [3.63, 3.8) is 0 Å². The van der Waals surface area contributed by atoms with Gasteiger partial charge in [0.2, 0.25) is 0 Å². The summed E-state index contributed by atoms with van der Waals surface area (Å²) in [5.41, 5.74) is 13.1. The van der Waals surface area contributed by atoms with Crippen LogP contribution in [0, 0.1) is 0 Å². The number of fused-ring (bicyclic) bond motifs is 1. The first kappa shape index (κ1) is 9.04. The van der Waals surface area contributed by atoms with Gasteiger partial charge in [-0.15, -0.1) is 11.3 Å². The number of hydrogen-bond donors (Lipinski definition) is 3. The van der Waals surface area contributed by atoms with Gasteiger partial charge in [0, 0.05) is 5.38 Å². The Morgan fingerprint density at radius 3 is 2.75 bits per heavy atom. The number of thiazole rings is 1. The minimum absolute atomic E-state index is 0.368. The van der Waals surface area contributed by atoms with Gasteiger partial charge in [-0.1, -0.05) is 0 Å². The van der Waals surface area contributed by atoms with Gasteiger partial charge in [0.25, 0.3) is 0 Å². The number of aromatic amines is 1. The molecule has 0 aliphatic carbocycles. The highest BCUT2D eigenvalue weighted by atomic mass is 32.1. The fourth-order valence-electron chi connectivity index (χ4n) is 1.36. The molecule has 3 aromatic heterocycles. The summed E-state index contributed by atoms with van der Waals surface area (Å²) in [6, 6.07) is 0. The van der Waals surface area contributed by atoms with E-state index in [-0.39, 0.29) is 0 Å². The van der Waals surface area contributed by atoms with Gasteiger partial charge in [-0.2, -0.15) is 0 Å². The molecule has 7 nitrogen and oxygen atoms in total. The van der Waals surface area contributed by atoms with Crippen molar-refractivity contribution in [1.29, 1.82) is 0 Å². The second kappa shape index (κ2) is 3.14. The SMILES string of the molecule is Nc1nc(-c2nc3ncnc(N)c3[nH]2)cs1. The predicted octanol–water partition coefficient (Wildman–Crippen LogP) is 0.641. The minimum Gasteiger partial charge on any atom is -0.382 e. The molecule has 0 unspecified atom stereocenters. The average Bonchev–Trinajstić information content (AvgIpc) is 2.84. The van der Waals surface area contributed by atoms with Crippen LogP contribution in [0.5, 0.6) is 0 Å². The maximum atomic E-state index is 5.69. The molecule has 0 atom stereocenters. The van der Waals surface area contributed by atoms with Gasteiger partial charge in [-0.05, 0) is 0 Å². The van der Waals surface area contributed by atoms with Crippen molar-refractivity contribution in [2.75, 3.05) is 11.5 Å². The summed E-state index contributed by atoms with van der Waals surface area (Å²) < 4.78 is 0. The van der Waals surface area contributed by atoms with Crippen molar-refractivity contribution in [2.45, 2.75) is 0 Å². The normalized spacial score (nSPS) is 11.0. The second-order valence-corrected chi connectivity index (χ2v) is 4.00. The lowest BCUT2D eigenvalue weighted by atomic mass is 10.5. The summed E-state index contributed by atoms with van der Waals surface area (Å²) in [5, 5.41) is 2.31. The number of hydrogen-bond acceptors (Lipinski definition) is 7. The Hall–Kier alpha value is -2.22. The first-order chi connectivity index (χ1) is 7.74. The van der Waals surface area contributed by atoms with Crippen LogP contribution >= 0.6 is 11.3 Å². The largest absolute Gasteiger partial charge is 0.382 e. The number of nitrogens with one attached hydrogen (secondary N) is 1. The van der Waals surface area contributed by atoms with Gasteiger partial charge < -0.3 is 16.5 Å². The van der Waals surface area contributed by atoms with Crippen LogP contribution in [0.15, 0.2) is 11.7 Å². The number of aromatic nitrogens is 5. The maximum absolute atomic E-state index is 5.69. The first-order valence-electron chi connectivity index (χ1n) is 4.41. The molecule has 0 spiro atoms. The van der Waals surface area contributed by atoms with Crippen LogP contribution < -0.4 is 11.5 Å². The number of nitrogen functional groups attached to an aromatic ring is 2. The lowest BCUT2D eigenvalue weighted by Crippen LogP contribution is -1.91. The molecule has 0 aliphatic heterocycles. The van der Waals surface area contributed by atoms with Gasteiger partial charge in [-0.3, -0.25) is 0 Å². The number of imidazole rings is 1. The van der Waals surface area contributed by atoms with Crippen LogP contribution in [0.4, 0.5) is 10.9 Å². The Labute approximate surface area is 93.6 Å². The first-order valence-corrected chi connectivity index (χ1v) is 5.29. The number of H-pyrrole nitrogens is 1. The Morgan fingerprint density at radius 2 is 2.06 bits per heavy atom. The van der Waals surface area contributed by atoms with Crippen molar-refractivity contribution in [3.8, 4) is 11.5 Å². The molecule has 80 valence electrons. The summed E-state index contributed by atoms with van der Waals surface area (Å²) >= 11 is 1.35. The zero-order chi connectivity index (χ0) is 11.1. The van der Waals surface area contributed by atoms with E-state index in [4.69, 9.17) is 11.5 Å². The van der Waals surface area contributed by atoms with Crippen LogP contribution in [-0.4, -0.2) is 24.9 Å².